The van der Waals surface area contributed by atoms with Gasteiger partial charge >= 0.3 is 0 Å². The fourth-order valence-electron chi connectivity index (χ4n) is 1.38. The molecule has 0 unspecified atom stereocenters. The van der Waals surface area contributed by atoms with Crippen LogP contribution in [0.15, 0.2) is 32.3 Å². The van der Waals surface area contributed by atoms with Crippen LogP contribution in [0.2, 0.25) is 5.02 Å². The molecule has 1 aromatic carbocycles. The Morgan fingerprint density at radius 3 is 2.58 bits per heavy atom. The van der Waals surface area contributed by atoms with E-state index >= 15 is 0 Å². The van der Waals surface area contributed by atoms with Gasteiger partial charge in [0.05, 0.1) is 14.5 Å². The SMILES string of the molecule is Cc1ccc(NS(=O)(=O)c2cc(Cl)c(Br)s2)c(O)c1. The first kappa shape index (κ1) is 14.6. The Labute approximate surface area is 128 Å². The van der Waals surface area contributed by atoms with Gasteiger partial charge in [-0.1, -0.05) is 17.7 Å². The molecule has 0 bridgehead atoms. The van der Waals surface area contributed by atoms with Crippen LogP contribution in [-0.4, -0.2) is 13.5 Å². The number of aromatic hydroxyl groups is 1. The lowest BCUT2D eigenvalue weighted by Crippen LogP contribution is -2.11. The van der Waals surface area contributed by atoms with Crippen molar-refractivity contribution in [3.05, 3.63) is 38.6 Å². The first-order valence-electron chi connectivity index (χ1n) is 5.07. The Balaban J connectivity index is 2.36. The predicted octanol–water partition coefficient (Wildman–Crippen LogP) is 3.98. The van der Waals surface area contributed by atoms with Gasteiger partial charge in [0.1, 0.15) is 9.96 Å². The summed E-state index contributed by atoms with van der Waals surface area (Å²) >= 11 is 9.98. The van der Waals surface area contributed by atoms with E-state index in [1.54, 1.807) is 13.0 Å². The Bertz CT molecular complexity index is 708. The van der Waals surface area contributed by atoms with Crippen molar-refractivity contribution in [2.75, 3.05) is 4.72 Å². The number of sulfonamides is 1. The highest BCUT2D eigenvalue weighted by Crippen LogP contribution is 2.36. The Kier molecular flexibility index (Phi) is 4.10. The third kappa shape index (κ3) is 3.22. The number of hydrogen-bond donors (Lipinski definition) is 2. The number of benzene rings is 1. The number of phenolic OH excluding ortho intramolecular Hbond substituents is 1. The number of anilines is 1. The Morgan fingerprint density at radius 2 is 2.05 bits per heavy atom. The first-order valence-corrected chi connectivity index (χ1v) is 8.54. The van der Waals surface area contributed by atoms with Crippen molar-refractivity contribution in [3.63, 3.8) is 0 Å². The monoisotopic (exact) mass is 381 g/mol. The van der Waals surface area contributed by atoms with E-state index in [-0.39, 0.29) is 15.6 Å². The zero-order valence-corrected chi connectivity index (χ0v) is 13.6. The van der Waals surface area contributed by atoms with E-state index in [9.17, 15) is 13.5 Å². The van der Waals surface area contributed by atoms with E-state index in [0.29, 0.717) is 8.81 Å². The molecule has 2 N–H and O–H groups in total. The average molecular weight is 383 g/mol. The third-order valence-electron chi connectivity index (χ3n) is 2.28. The van der Waals surface area contributed by atoms with Crippen molar-refractivity contribution in [3.8, 4) is 5.75 Å². The molecule has 102 valence electrons. The van der Waals surface area contributed by atoms with Crippen LogP contribution in [0.1, 0.15) is 5.56 Å². The van der Waals surface area contributed by atoms with Crippen molar-refractivity contribution in [1.82, 2.24) is 0 Å². The summed E-state index contributed by atoms with van der Waals surface area (Å²) in [5.41, 5.74) is 0.966. The van der Waals surface area contributed by atoms with Crippen molar-refractivity contribution < 1.29 is 13.5 Å². The molecule has 0 atom stereocenters. The zero-order chi connectivity index (χ0) is 14.2. The molecule has 0 radical (unpaired) electrons. The molecule has 19 heavy (non-hydrogen) atoms. The fraction of sp³-hybridized carbons (Fsp3) is 0.0909. The normalized spacial score (nSPS) is 11.5. The topological polar surface area (TPSA) is 66.4 Å². The predicted molar refractivity (Wildman–Crippen MR) is 80.7 cm³/mol. The highest BCUT2D eigenvalue weighted by atomic mass is 79.9. The van der Waals surface area contributed by atoms with E-state index in [0.717, 1.165) is 16.9 Å². The molecule has 0 saturated carbocycles. The standard InChI is InChI=1S/C11H9BrClNO3S2/c1-6-2-3-8(9(15)4-6)14-19(16,17)10-5-7(13)11(12)18-10/h2-5,14-15H,1H3. The summed E-state index contributed by atoms with van der Waals surface area (Å²) in [5, 5.41) is 10.0. The number of halogens is 2. The largest absolute Gasteiger partial charge is 0.506 e. The molecule has 0 saturated heterocycles. The summed E-state index contributed by atoms with van der Waals surface area (Å²) in [6, 6.07) is 6.04. The second kappa shape index (κ2) is 5.32. The highest BCUT2D eigenvalue weighted by molar-refractivity contribution is 9.11. The van der Waals surface area contributed by atoms with Gasteiger partial charge in [-0.25, -0.2) is 8.42 Å². The molecule has 0 fully saturated rings. The number of hydrogen-bond acceptors (Lipinski definition) is 4. The first-order chi connectivity index (χ1) is 8.79. The molecule has 0 aliphatic heterocycles. The number of nitrogens with one attached hydrogen (secondary N) is 1. The highest BCUT2D eigenvalue weighted by Gasteiger charge is 2.20. The molecule has 0 aliphatic rings. The van der Waals surface area contributed by atoms with E-state index in [2.05, 4.69) is 20.7 Å². The number of rotatable bonds is 3. The Hall–Kier alpha value is -0.760. The molecular weight excluding hydrogens is 374 g/mol. The van der Waals surface area contributed by atoms with E-state index in [1.165, 1.54) is 18.2 Å². The summed E-state index contributed by atoms with van der Waals surface area (Å²) < 4.78 is 27.2. The smallest absolute Gasteiger partial charge is 0.271 e. The van der Waals surface area contributed by atoms with Gasteiger partial charge in [-0.2, -0.15) is 0 Å². The van der Waals surface area contributed by atoms with Crippen molar-refractivity contribution in [1.29, 1.82) is 0 Å². The molecule has 2 aromatic rings. The number of thiophene rings is 1. The lowest BCUT2D eigenvalue weighted by atomic mass is 10.2. The maximum Gasteiger partial charge on any atom is 0.271 e. The minimum Gasteiger partial charge on any atom is -0.506 e. The maximum atomic E-state index is 12.1. The van der Waals surface area contributed by atoms with E-state index in [4.69, 9.17) is 11.6 Å². The molecule has 0 aliphatic carbocycles. The van der Waals surface area contributed by atoms with Gasteiger partial charge < -0.3 is 5.11 Å². The van der Waals surface area contributed by atoms with Crippen LogP contribution >= 0.6 is 38.9 Å². The van der Waals surface area contributed by atoms with Gasteiger partial charge in [0.2, 0.25) is 0 Å². The molecule has 8 heteroatoms. The van der Waals surface area contributed by atoms with Crippen LogP contribution in [0, 0.1) is 6.92 Å². The molecule has 4 nitrogen and oxygen atoms in total. The number of aryl methyl sites for hydroxylation is 1. The lowest BCUT2D eigenvalue weighted by molar-refractivity contribution is 0.477. The van der Waals surface area contributed by atoms with E-state index in [1.807, 2.05) is 0 Å². The van der Waals surface area contributed by atoms with Gasteiger partial charge in [-0.05, 0) is 46.6 Å². The van der Waals surface area contributed by atoms with E-state index < -0.39 is 10.0 Å². The van der Waals surface area contributed by atoms with Crippen molar-refractivity contribution >= 4 is 54.6 Å². The third-order valence-corrected chi connectivity index (χ3v) is 6.60. The Morgan fingerprint density at radius 1 is 1.37 bits per heavy atom. The average Bonchev–Trinajstić information content (AvgIpc) is 2.64. The van der Waals surface area contributed by atoms with Gasteiger partial charge in [0.15, 0.2) is 0 Å². The number of phenols is 1. The quantitative estimate of drug-likeness (QED) is 0.789. The van der Waals surface area contributed by atoms with Crippen LogP contribution in [0.5, 0.6) is 5.75 Å². The molecule has 2 rings (SSSR count). The van der Waals surface area contributed by atoms with Gasteiger partial charge in [0, 0.05) is 0 Å². The zero-order valence-electron chi connectivity index (χ0n) is 9.65. The van der Waals surface area contributed by atoms with Crippen LogP contribution in [0.4, 0.5) is 5.69 Å². The van der Waals surface area contributed by atoms with Crippen molar-refractivity contribution in [2.45, 2.75) is 11.1 Å². The second-order valence-electron chi connectivity index (χ2n) is 3.81. The fourth-order valence-corrected chi connectivity index (χ4v) is 4.85. The van der Waals surface area contributed by atoms with Crippen LogP contribution in [0.3, 0.4) is 0 Å². The van der Waals surface area contributed by atoms with Gasteiger partial charge in [-0.15, -0.1) is 11.3 Å². The van der Waals surface area contributed by atoms with Crippen molar-refractivity contribution in [2.24, 2.45) is 0 Å². The maximum absolute atomic E-state index is 12.1. The van der Waals surface area contributed by atoms with Gasteiger partial charge in [0.25, 0.3) is 10.0 Å². The van der Waals surface area contributed by atoms with Crippen LogP contribution < -0.4 is 4.72 Å². The molecule has 0 spiro atoms. The summed E-state index contributed by atoms with van der Waals surface area (Å²) in [6.07, 6.45) is 0. The molecule has 0 amide bonds. The molecule has 1 aromatic heterocycles. The van der Waals surface area contributed by atoms with Gasteiger partial charge in [-0.3, -0.25) is 4.72 Å². The lowest BCUT2D eigenvalue weighted by Gasteiger charge is -2.08. The summed E-state index contributed by atoms with van der Waals surface area (Å²) in [5.74, 6) is -0.120. The summed E-state index contributed by atoms with van der Waals surface area (Å²) in [6.45, 7) is 1.80. The summed E-state index contributed by atoms with van der Waals surface area (Å²) in [4.78, 5) is 0. The minimum absolute atomic E-state index is 0.0735. The second-order valence-corrected chi connectivity index (χ2v) is 8.50. The molecular formula is C11H9BrClNO3S2. The summed E-state index contributed by atoms with van der Waals surface area (Å²) in [7, 11) is -3.76. The minimum atomic E-state index is -3.76. The van der Waals surface area contributed by atoms with Crippen LogP contribution in [0.25, 0.3) is 0 Å². The van der Waals surface area contributed by atoms with Crippen LogP contribution in [-0.2, 0) is 10.0 Å². The molecule has 1 heterocycles.